The Kier molecular flexibility index (Phi) is 6.75. The number of carbonyl (C=O) groups excluding carboxylic acids is 2. The molecule has 2 rings (SSSR count). The number of hydrogen-bond acceptors (Lipinski definition) is 6. The smallest absolute Gasteiger partial charge is 0.269 e. The van der Waals surface area contributed by atoms with Gasteiger partial charge >= 0.3 is 0 Å². The van der Waals surface area contributed by atoms with Gasteiger partial charge in [0, 0.05) is 13.7 Å². The monoisotopic (exact) mass is 443 g/mol. The van der Waals surface area contributed by atoms with Crippen LogP contribution in [0.3, 0.4) is 0 Å². The Balaban J connectivity index is 2.11. The number of sulfonamides is 1. The normalized spacial score (nSPS) is 17.1. The third kappa shape index (κ3) is 4.59. The summed E-state index contributed by atoms with van der Waals surface area (Å²) >= 11 is 17.4. The molecule has 26 heavy (non-hydrogen) atoms. The lowest BCUT2D eigenvalue weighted by molar-refractivity contribution is -0.121. The molecule has 2 N–H and O–H groups in total. The summed E-state index contributed by atoms with van der Waals surface area (Å²) in [6, 6.07) is 5.71. The van der Waals surface area contributed by atoms with Crippen LogP contribution in [0.25, 0.3) is 0 Å². The van der Waals surface area contributed by atoms with E-state index in [2.05, 4.69) is 10.6 Å². The van der Waals surface area contributed by atoms with Crippen LogP contribution in [0.5, 0.6) is 0 Å². The lowest BCUT2D eigenvalue weighted by Crippen LogP contribution is -2.56. The molecule has 0 aromatic heterocycles. The van der Waals surface area contributed by atoms with Crippen LogP contribution >= 0.6 is 34.8 Å². The Morgan fingerprint density at radius 1 is 1.31 bits per heavy atom. The van der Waals surface area contributed by atoms with Crippen molar-refractivity contribution >= 4 is 56.6 Å². The highest BCUT2D eigenvalue weighted by molar-refractivity contribution is 7.90. The Morgan fingerprint density at radius 2 is 1.96 bits per heavy atom. The number of hydrogen-bond donors (Lipinski definition) is 2. The van der Waals surface area contributed by atoms with Gasteiger partial charge in [-0.05, 0) is 12.1 Å². The van der Waals surface area contributed by atoms with Crippen molar-refractivity contribution in [3.8, 4) is 0 Å². The molecule has 144 valence electrons. The van der Waals surface area contributed by atoms with Gasteiger partial charge in [-0.3, -0.25) is 14.9 Å². The van der Waals surface area contributed by atoms with Gasteiger partial charge in [-0.2, -0.15) is 0 Å². The van der Waals surface area contributed by atoms with E-state index >= 15 is 0 Å². The number of ether oxygens (including phenoxy) is 1. The summed E-state index contributed by atoms with van der Waals surface area (Å²) in [6.07, 6.45) is -1.11. The first-order valence-electron chi connectivity index (χ1n) is 7.33. The van der Waals surface area contributed by atoms with Crippen LogP contribution in [0.15, 0.2) is 29.2 Å². The molecule has 0 spiro atoms. The number of alkyl halides is 3. The van der Waals surface area contributed by atoms with E-state index in [-0.39, 0.29) is 17.0 Å². The summed E-state index contributed by atoms with van der Waals surface area (Å²) in [6.45, 7) is -0.178. The second kappa shape index (κ2) is 8.28. The zero-order chi connectivity index (χ0) is 19.5. The fourth-order valence-corrected chi connectivity index (χ4v) is 4.20. The number of rotatable bonds is 7. The van der Waals surface area contributed by atoms with Crippen LogP contribution in [0, 0.1) is 0 Å². The van der Waals surface area contributed by atoms with Gasteiger partial charge < -0.3 is 10.1 Å². The van der Waals surface area contributed by atoms with Crippen molar-refractivity contribution in [3.05, 3.63) is 29.8 Å². The molecule has 2 amide bonds. The average molecular weight is 445 g/mol. The number of carbonyl (C=O) groups is 2. The van der Waals surface area contributed by atoms with Crippen molar-refractivity contribution in [2.24, 2.45) is 0 Å². The minimum atomic E-state index is -4.10. The minimum absolute atomic E-state index is 0.0106. The SMILES string of the molecule is COCCN[C@H](NC(=O)CN1C(=O)c2ccccc2S1(=O)=O)C(Cl)(Cl)Cl. The first-order chi connectivity index (χ1) is 12.1. The standard InChI is InChI=1S/C14H16Cl3N3O5S/c1-25-7-6-18-13(14(15,16)17)19-11(21)8-20-12(22)9-4-2-3-5-10(9)26(20,23)24/h2-5,13,18H,6-8H2,1H3,(H,19,21)/t13-/m1/s1. The van der Waals surface area contributed by atoms with Crippen LogP contribution < -0.4 is 10.6 Å². The van der Waals surface area contributed by atoms with Gasteiger partial charge in [-0.25, -0.2) is 12.7 Å². The first kappa shape index (κ1) is 21.2. The zero-order valence-corrected chi connectivity index (χ0v) is 16.6. The van der Waals surface area contributed by atoms with Gasteiger partial charge in [0.15, 0.2) is 0 Å². The molecule has 1 atom stereocenters. The van der Waals surface area contributed by atoms with Gasteiger partial charge in [-0.15, -0.1) is 0 Å². The van der Waals surface area contributed by atoms with E-state index < -0.39 is 38.3 Å². The van der Waals surface area contributed by atoms with E-state index in [4.69, 9.17) is 39.5 Å². The van der Waals surface area contributed by atoms with Gasteiger partial charge in [0.2, 0.25) is 9.70 Å². The molecule has 1 heterocycles. The molecule has 0 radical (unpaired) electrons. The predicted molar refractivity (Wildman–Crippen MR) is 96.8 cm³/mol. The predicted octanol–water partition coefficient (Wildman–Crippen LogP) is 0.880. The summed E-state index contributed by atoms with van der Waals surface area (Å²) in [7, 11) is -2.62. The topological polar surface area (TPSA) is 105 Å². The van der Waals surface area contributed by atoms with Crippen molar-refractivity contribution in [3.63, 3.8) is 0 Å². The Labute approximate surface area is 165 Å². The molecule has 0 aliphatic carbocycles. The fourth-order valence-electron chi connectivity index (χ4n) is 2.28. The number of halogens is 3. The minimum Gasteiger partial charge on any atom is -0.383 e. The number of methoxy groups -OCH3 is 1. The molecular formula is C14H16Cl3N3O5S. The fraction of sp³-hybridized carbons (Fsp3) is 0.429. The highest BCUT2D eigenvalue weighted by Gasteiger charge is 2.42. The number of nitrogens with one attached hydrogen (secondary N) is 2. The molecule has 0 saturated heterocycles. The summed E-state index contributed by atoms with van der Waals surface area (Å²) in [5.74, 6) is -1.59. The summed E-state index contributed by atoms with van der Waals surface area (Å²) in [5, 5.41) is 5.13. The molecule has 0 bridgehead atoms. The largest absolute Gasteiger partial charge is 0.383 e. The molecule has 8 nitrogen and oxygen atoms in total. The van der Waals surface area contributed by atoms with E-state index in [9.17, 15) is 18.0 Å². The third-order valence-corrected chi connectivity index (χ3v) is 5.93. The highest BCUT2D eigenvalue weighted by atomic mass is 35.6. The maximum atomic E-state index is 12.4. The average Bonchev–Trinajstić information content (AvgIpc) is 2.75. The Hall–Kier alpha value is -1.10. The maximum absolute atomic E-state index is 12.4. The van der Waals surface area contributed by atoms with Gasteiger partial charge in [0.05, 0.1) is 12.2 Å². The van der Waals surface area contributed by atoms with E-state index in [0.717, 1.165) is 0 Å². The molecule has 1 aliphatic heterocycles. The molecule has 0 fully saturated rings. The van der Waals surface area contributed by atoms with Gasteiger partial charge in [0.25, 0.3) is 15.9 Å². The van der Waals surface area contributed by atoms with Gasteiger partial charge in [-0.1, -0.05) is 46.9 Å². The van der Waals surface area contributed by atoms with Crippen LogP contribution in [0.4, 0.5) is 0 Å². The second-order valence-electron chi connectivity index (χ2n) is 5.30. The van der Waals surface area contributed by atoms with Crippen molar-refractivity contribution < 1.29 is 22.7 Å². The molecule has 1 aromatic rings. The van der Waals surface area contributed by atoms with E-state index in [1.807, 2.05) is 0 Å². The van der Waals surface area contributed by atoms with Crippen molar-refractivity contribution in [1.29, 1.82) is 0 Å². The first-order valence-corrected chi connectivity index (χ1v) is 9.91. The number of fused-ring (bicyclic) bond motifs is 1. The number of benzene rings is 1. The van der Waals surface area contributed by atoms with Crippen LogP contribution in [0.2, 0.25) is 0 Å². The quantitative estimate of drug-likeness (QED) is 0.367. The Morgan fingerprint density at radius 3 is 2.54 bits per heavy atom. The van der Waals surface area contributed by atoms with E-state index in [1.54, 1.807) is 0 Å². The molecule has 1 aliphatic rings. The second-order valence-corrected chi connectivity index (χ2v) is 9.50. The number of amides is 2. The van der Waals surface area contributed by atoms with Gasteiger partial charge in [0.1, 0.15) is 17.6 Å². The molecular weight excluding hydrogens is 429 g/mol. The molecule has 0 saturated carbocycles. The van der Waals surface area contributed by atoms with Crippen molar-refractivity contribution in [2.75, 3.05) is 26.8 Å². The summed E-state index contributed by atoms with van der Waals surface area (Å²) in [5.41, 5.74) is 0.0106. The third-order valence-electron chi connectivity index (χ3n) is 3.49. The van der Waals surface area contributed by atoms with E-state index in [1.165, 1.54) is 31.4 Å². The van der Waals surface area contributed by atoms with Crippen molar-refractivity contribution in [2.45, 2.75) is 14.9 Å². The van der Waals surface area contributed by atoms with E-state index in [0.29, 0.717) is 10.9 Å². The lowest BCUT2D eigenvalue weighted by Gasteiger charge is -2.27. The lowest BCUT2D eigenvalue weighted by atomic mass is 10.2. The Bertz CT molecular complexity index is 797. The molecule has 12 heteroatoms. The number of nitrogens with zero attached hydrogens (tertiary/aromatic N) is 1. The zero-order valence-electron chi connectivity index (χ0n) is 13.5. The van der Waals surface area contributed by atoms with Crippen LogP contribution in [-0.4, -0.2) is 61.3 Å². The molecule has 0 unspecified atom stereocenters. The summed E-state index contributed by atoms with van der Waals surface area (Å²) in [4.78, 5) is 24.4. The highest BCUT2D eigenvalue weighted by Crippen LogP contribution is 2.31. The van der Waals surface area contributed by atoms with Crippen LogP contribution in [-0.2, 0) is 19.6 Å². The van der Waals surface area contributed by atoms with Crippen molar-refractivity contribution in [1.82, 2.24) is 14.9 Å². The van der Waals surface area contributed by atoms with Crippen LogP contribution in [0.1, 0.15) is 10.4 Å². The molecule has 1 aromatic carbocycles. The maximum Gasteiger partial charge on any atom is 0.269 e. The summed E-state index contributed by atoms with van der Waals surface area (Å²) < 4.78 is 28.3.